The van der Waals surface area contributed by atoms with Crippen LogP contribution >= 0.6 is 0 Å². The number of rotatable bonds is 1. The number of nitrogens with zero attached hydrogens (tertiary/aromatic N) is 4. The summed E-state index contributed by atoms with van der Waals surface area (Å²) in [7, 11) is 0. The fourth-order valence-corrected chi connectivity index (χ4v) is 3.20. The predicted molar refractivity (Wildman–Crippen MR) is 78.0 cm³/mol. The molecule has 1 unspecified atom stereocenters. The minimum atomic E-state index is 0.244. The summed E-state index contributed by atoms with van der Waals surface area (Å²) in [4.78, 5) is 11.1. The first-order valence-electron chi connectivity index (χ1n) is 7.26. The lowest BCUT2D eigenvalue weighted by Gasteiger charge is -2.39. The quantitative estimate of drug-likeness (QED) is 0.795. The van der Waals surface area contributed by atoms with E-state index in [1.807, 2.05) is 30.7 Å². The maximum atomic E-state index is 4.93. The highest BCUT2D eigenvalue weighted by Crippen LogP contribution is 2.32. The van der Waals surface area contributed by atoms with Crippen LogP contribution in [0.25, 0.3) is 0 Å². The largest absolute Gasteiger partial charge is 0.348 e. The topological polar surface area (TPSA) is 43.1 Å². The average Bonchev–Trinajstić information content (AvgIpc) is 2.54. The predicted octanol–water partition coefficient (Wildman–Crippen LogP) is 2.44. The molecule has 0 aliphatic carbocycles. The molecule has 0 fully saturated rings. The van der Waals surface area contributed by atoms with Crippen LogP contribution in [0.5, 0.6) is 0 Å². The van der Waals surface area contributed by atoms with Gasteiger partial charge in [0.15, 0.2) is 0 Å². The molecule has 2 aromatic heterocycles. The molecule has 0 aromatic carbocycles. The van der Waals surface area contributed by atoms with E-state index >= 15 is 0 Å². The number of hydrogen-bond acceptors (Lipinski definition) is 3. The molecule has 0 bridgehead atoms. The van der Waals surface area contributed by atoms with E-state index in [2.05, 4.69) is 20.9 Å². The second-order valence-electron chi connectivity index (χ2n) is 5.42. The second-order valence-corrected chi connectivity index (χ2v) is 5.42. The van der Waals surface area contributed by atoms with Gasteiger partial charge in [-0.2, -0.15) is 0 Å². The van der Waals surface area contributed by atoms with Crippen LogP contribution in [0, 0.1) is 0 Å². The van der Waals surface area contributed by atoms with E-state index in [4.69, 9.17) is 5.32 Å². The number of hydrogen-bond donors (Lipinski definition) is 0. The first-order chi connectivity index (χ1) is 9.92. The third-order valence-electron chi connectivity index (χ3n) is 4.19. The van der Waals surface area contributed by atoms with Crippen LogP contribution in [-0.2, 0) is 12.8 Å². The van der Waals surface area contributed by atoms with Gasteiger partial charge in [0.05, 0.1) is 17.1 Å². The minimum Gasteiger partial charge on any atom is -0.348 e. The van der Waals surface area contributed by atoms with E-state index in [9.17, 15) is 0 Å². The number of aromatic nitrogens is 2. The molecule has 1 atom stereocenters. The maximum absolute atomic E-state index is 4.93. The van der Waals surface area contributed by atoms with Crippen LogP contribution in [0.2, 0.25) is 0 Å². The Labute approximate surface area is 118 Å². The summed E-state index contributed by atoms with van der Waals surface area (Å²) in [6, 6.07) is 6.23. The number of anilines is 1. The van der Waals surface area contributed by atoms with Crippen LogP contribution in [0.1, 0.15) is 24.1 Å². The van der Waals surface area contributed by atoms with E-state index in [-0.39, 0.29) is 6.17 Å². The third-order valence-corrected chi connectivity index (χ3v) is 4.19. The molecule has 2 aromatic rings. The van der Waals surface area contributed by atoms with Crippen molar-refractivity contribution >= 4 is 11.4 Å². The Balaban J connectivity index is 1.64. The van der Waals surface area contributed by atoms with Crippen LogP contribution in [0.4, 0.5) is 11.4 Å². The molecule has 0 spiro atoms. The number of fused-ring (bicyclic) bond motifs is 2. The van der Waals surface area contributed by atoms with Crippen molar-refractivity contribution in [3.63, 3.8) is 0 Å². The van der Waals surface area contributed by atoms with Crippen molar-refractivity contribution in [2.75, 3.05) is 11.4 Å². The van der Waals surface area contributed by atoms with Gasteiger partial charge in [-0.3, -0.25) is 15.3 Å². The van der Waals surface area contributed by atoms with Gasteiger partial charge in [-0.05, 0) is 49.4 Å². The molecule has 4 rings (SSSR count). The number of pyridine rings is 2. The van der Waals surface area contributed by atoms with Crippen molar-refractivity contribution in [1.82, 2.24) is 15.3 Å². The maximum Gasteiger partial charge on any atom is 0.122 e. The van der Waals surface area contributed by atoms with Crippen LogP contribution < -0.4 is 10.2 Å². The lowest BCUT2D eigenvalue weighted by molar-refractivity contribution is 0.467. The normalized spacial score (nSPS) is 20.8. The Bertz CT molecular complexity index is 625. The Morgan fingerprint density at radius 3 is 3.15 bits per heavy atom. The molecular weight excluding hydrogens is 248 g/mol. The van der Waals surface area contributed by atoms with Crippen molar-refractivity contribution in [2.24, 2.45) is 0 Å². The Kier molecular flexibility index (Phi) is 2.80. The third kappa shape index (κ3) is 1.92. The summed E-state index contributed by atoms with van der Waals surface area (Å²) >= 11 is 0. The molecule has 0 saturated heterocycles. The molecule has 2 aliphatic heterocycles. The van der Waals surface area contributed by atoms with Crippen molar-refractivity contribution in [2.45, 2.75) is 31.8 Å². The highest BCUT2D eigenvalue weighted by atomic mass is 15.3. The van der Waals surface area contributed by atoms with Gasteiger partial charge >= 0.3 is 0 Å². The van der Waals surface area contributed by atoms with Gasteiger partial charge in [0, 0.05) is 25.1 Å². The van der Waals surface area contributed by atoms with Crippen LogP contribution in [-0.4, -0.2) is 22.7 Å². The van der Waals surface area contributed by atoms with Gasteiger partial charge < -0.3 is 4.90 Å². The zero-order chi connectivity index (χ0) is 13.4. The standard InChI is InChI=1S/C16H17N4/c1-4-15-14(18-8-1)3-2-10-20(15)16-6-5-12-11-17-9-7-13(12)19-16/h1,4,7-9,11,16H,2-3,5-6,10H2. The molecule has 0 N–H and O–H groups in total. The van der Waals surface area contributed by atoms with Crippen molar-refractivity contribution in [3.8, 4) is 0 Å². The van der Waals surface area contributed by atoms with E-state index in [0.717, 1.165) is 31.5 Å². The van der Waals surface area contributed by atoms with Gasteiger partial charge in [0.1, 0.15) is 6.17 Å². The van der Waals surface area contributed by atoms with Gasteiger partial charge in [-0.1, -0.05) is 0 Å². The SMILES string of the molecule is c1cnc2c(c1)N(C1CCc3cnccc3[N]1)CCC2. The van der Waals surface area contributed by atoms with Gasteiger partial charge in [0.2, 0.25) is 0 Å². The Morgan fingerprint density at radius 1 is 1.15 bits per heavy atom. The summed E-state index contributed by atoms with van der Waals surface area (Å²) in [6.07, 6.45) is 10.3. The van der Waals surface area contributed by atoms with Gasteiger partial charge in [-0.15, -0.1) is 0 Å². The zero-order valence-electron chi connectivity index (χ0n) is 11.4. The van der Waals surface area contributed by atoms with Crippen LogP contribution in [0.3, 0.4) is 0 Å². The Morgan fingerprint density at radius 2 is 2.15 bits per heavy atom. The first kappa shape index (κ1) is 11.7. The highest BCUT2D eigenvalue weighted by molar-refractivity contribution is 5.55. The molecule has 1 radical (unpaired) electrons. The molecule has 4 heteroatoms. The molecule has 0 saturated carbocycles. The zero-order valence-corrected chi connectivity index (χ0v) is 11.4. The summed E-state index contributed by atoms with van der Waals surface area (Å²) in [6.45, 7) is 1.08. The summed E-state index contributed by atoms with van der Waals surface area (Å²) in [5.74, 6) is 0. The van der Waals surface area contributed by atoms with Crippen molar-refractivity contribution in [1.29, 1.82) is 0 Å². The second kappa shape index (κ2) is 4.78. The van der Waals surface area contributed by atoms with Crippen LogP contribution in [0.15, 0.2) is 36.8 Å². The summed E-state index contributed by atoms with van der Waals surface area (Å²) in [5.41, 5.74) is 4.86. The molecular formula is C16H17N4. The molecule has 101 valence electrons. The lowest BCUT2D eigenvalue weighted by Crippen LogP contribution is -2.45. The molecule has 2 aliphatic rings. The van der Waals surface area contributed by atoms with Gasteiger partial charge in [0.25, 0.3) is 0 Å². The monoisotopic (exact) mass is 265 g/mol. The molecule has 4 heterocycles. The van der Waals surface area contributed by atoms with E-state index in [1.165, 1.54) is 23.4 Å². The average molecular weight is 265 g/mol. The van der Waals surface area contributed by atoms with E-state index in [1.54, 1.807) is 0 Å². The first-order valence-corrected chi connectivity index (χ1v) is 7.26. The van der Waals surface area contributed by atoms with E-state index < -0.39 is 0 Å². The van der Waals surface area contributed by atoms with Crippen molar-refractivity contribution < 1.29 is 0 Å². The fourth-order valence-electron chi connectivity index (χ4n) is 3.20. The van der Waals surface area contributed by atoms with Gasteiger partial charge in [-0.25, -0.2) is 0 Å². The highest BCUT2D eigenvalue weighted by Gasteiger charge is 2.28. The number of aryl methyl sites for hydroxylation is 2. The lowest BCUT2D eigenvalue weighted by atomic mass is 10.00. The summed E-state index contributed by atoms with van der Waals surface area (Å²) in [5, 5.41) is 4.93. The molecule has 20 heavy (non-hydrogen) atoms. The molecule has 0 amide bonds. The Hall–Kier alpha value is -2.10. The smallest absolute Gasteiger partial charge is 0.122 e. The molecule has 4 nitrogen and oxygen atoms in total. The van der Waals surface area contributed by atoms with E-state index in [0.29, 0.717) is 0 Å². The fraction of sp³-hybridized carbons (Fsp3) is 0.375. The summed E-state index contributed by atoms with van der Waals surface area (Å²) < 4.78 is 0. The minimum absolute atomic E-state index is 0.244. The van der Waals surface area contributed by atoms with Crippen molar-refractivity contribution in [3.05, 3.63) is 48.0 Å².